The van der Waals surface area contributed by atoms with Gasteiger partial charge >= 0.3 is 0 Å². The van der Waals surface area contributed by atoms with Gasteiger partial charge in [-0.25, -0.2) is 0 Å². The first-order chi connectivity index (χ1) is 7.84. The maximum atomic E-state index is 4.99. The molecule has 86 valence electrons. The van der Waals surface area contributed by atoms with Gasteiger partial charge in [-0.05, 0) is 26.2 Å². The summed E-state index contributed by atoms with van der Waals surface area (Å²) >= 11 is 0. The summed E-state index contributed by atoms with van der Waals surface area (Å²) in [7, 11) is 0. The lowest BCUT2D eigenvalue weighted by Gasteiger charge is -2.24. The van der Waals surface area contributed by atoms with Crippen molar-refractivity contribution in [3.8, 4) is 0 Å². The summed E-state index contributed by atoms with van der Waals surface area (Å²) < 4.78 is 0. The minimum atomic E-state index is 0.557. The van der Waals surface area contributed by atoms with Gasteiger partial charge in [0.05, 0.1) is 6.04 Å². The second-order valence-electron chi connectivity index (χ2n) is 5.26. The van der Waals surface area contributed by atoms with Crippen LogP contribution in [-0.4, -0.2) is 24.8 Å². The van der Waals surface area contributed by atoms with E-state index in [0.29, 0.717) is 12.0 Å². The highest BCUT2D eigenvalue weighted by Crippen LogP contribution is 2.34. The predicted molar refractivity (Wildman–Crippen MR) is 67.8 cm³/mol. The van der Waals surface area contributed by atoms with Crippen molar-refractivity contribution in [3.63, 3.8) is 0 Å². The van der Waals surface area contributed by atoms with Crippen molar-refractivity contribution in [3.05, 3.63) is 23.8 Å². The molecule has 1 aliphatic carbocycles. The Hall–Kier alpha value is -0.890. The third-order valence-electron chi connectivity index (χ3n) is 4.21. The van der Waals surface area contributed by atoms with E-state index in [1.54, 1.807) is 0 Å². The van der Waals surface area contributed by atoms with Gasteiger partial charge in [0, 0.05) is 30.6 Å². The molecule has 1 N–H and O–H groups in total. The largest absolute Gasteiger partial charge is 0.316 e. The van der Waals surface area contributed by atoms with E-state index in [1.165, 1.54) is 30.5 Å². The van der Waals surface area contributed by atoms with Crippen LogP contribution in [0.25, 0.3) is 0 Å². The van der Waals surface area contributed by atoms with E-state index in [-0.39, 0.29) is 0 Å². The van der Waals surface area contributed by atoms with Crippen molar-refractivity contribution in [2.45, 2.75) is 32.2 Å². The molecular weight excluding hydrogens is 196 g/mol. The number of nitrogens with one attached hydrogen (secondary N) is 1. The van der Waals surface area contributed by atoms with Crippen molar-refractivity contribution in [2.24, 2.45) is 16.8 Å². The highest BCUT2D eigenvalue weighted by molar-refractivity contribution is 5.89. The first-order valence-electron chi connectivity index (χ1n) is 6.45. The van der Waals surface area contributed by atoms with Crippen LogP contribution in [0.4, 0.5) is 0 Å². The molecule has 0 saturated carbocycles. The van der Waals surface area contributed by atoms with Crippen LogP contribution in [0, 0.1) is 11.8 Å². The van der Waals surface area contributed by atoms with Gasteiger partial charge in [-0.3, -0.25) is 4.99 Å². The van der Waals surface area contributed by atoms with Gasteiger partial charge in [-0.1, -0.05) is 23.8 Å². The molecule has 1 fully saturated rings. The molecule has 3 unspecified atom stereocenters. The van der Waals surface area contributed by atoms with Crippen LogP contribution in [0.15, 0.2) is 28.8 Å². The highest BCUT2D eigenvalue weighted by atomic mass is 14.9. The van der Waals surface area contributed by atoms with E-state index in [4.69, 9.17) is 4.99 Å². The van der Waals surface area contributed by atoms with Crippen LogP contribution in [0.2, 0.25) is 0 Å². The smallest absolute Gasteiger partial charge is 0.0574 e. The lowest BCUT2D eigenvalue weighted by molar-refractivity contribution is 0.432. The minimum absolute atomic E-state index is 0.557. The van der Waals surface area contributed by atoms with Crippen molar-refractivity contribution in [1.29, 1.82) is 0 Å². The standard InChI is InChI=1S/C14H20N2/c1-10-4-2-3-5-12(10)14-8-11-9-15-7-6-13(11)16-14/h2-4,11-12,14-15H,5-9H2,1H3. The van der Waals surface area contributed by atoms with Crippen LogP contribution in [0.5, 0.6) is 0 Å². The quantitative estimate of drug-likeness (QED) is 0.715. The Kier molecular flexibility index (Phi) is 2.68. The van der Waals surface area contributed by atoms with Crippen LogP contribution >= 0.6 is 0 Å². The Morgan fingerprint density at radius 3 is 3.19 bits per heavy atom. The number of hydrogen-bond acceptors (Lipinski definition) is 2. The molecular formula is C14H20N2. The summed E-state index contributed by atoms with van der Waals surface area (Å²) in [6.07, 6.45) is 10.4. The first-order valence-corrected chi connectivity index (χ1v) is 6.45. The lowest BCUT2D eigenvalue weighted by atomic mass is 9.83. The molecule has 2 nitrogen and oxygen atoms in total. The Bertz CT molecular complexity index is 365. The fraction of sp³-hybridized carbons (Fsp3) is 0.643. The third kappa shape index (κ3) is 1.75. The molecule has 2 aliphatic heterocycles. The summed E-state index contributed by atoms with van der Waals surface area (Å²) in [6.45, 7) is 4.54. The second-order valence-corrected chi connectivity index (χ2v) is 5.26. The summed E-state index contributed by atoms with van der Waals surface area (Å²) in [4.78, 5) is 4.99. The average Bonchev–Trinajstić information content (AvgIpc) is 2.73. The summed E-state index contributed by atoms with van der Waals surface area (Å²) in [5.41, 5.74) is 3.01. The van der Waals surface area contributed by atoms with Crippen molar-refractivity contribution < 1.29 is 0 Å². The fourth-order valence-electron chi connectivity index (χ4n) is 3.23. The fourth-order valence-corrected chi connectivity index (χ4v) is 3.23. The van der Waals surface area contributed by atoms with E-state index < -0.39 is 0 Å². The number of allylic oxidation sites excluding steroid dienone is 3. The van der Waals surface area contributed by atoms with E-state index >= 15 is 0 Å². The highest BCUT2D eigenvalue weighted by Gasteiger charge is 2.34. The Morgan fingerprint density at radius 2 is 2.38 bits per heavy atom. The van der Waals surface area contributed by atoms with Crippen molar-refractivity contribution in [1.82, 2.24) is 5.32 Å². The maximum Gasteiger partial charge on any atom is 0.0574 e. The Balaban J connectivity index is 1.75. The van der Waals surface area contributed by atoms with Gasteiger partial charge in [0.15, 0.2) is 0 Å². The molecule has 16 heavy (non-hydrogen) atoms. The first kappa shape index (κ1) is 10.3. The maximum absolute atomic E-state index is 4.99. The molecule has 3 atom stereocenters. The van der Waals surface area contributed by atoms with E-state index in [2.05, 4.69) is 30.5 Å². The monoisotopic (exact) mass is 216 g/mol. The molecule has 0 bridgehead atoms. The zero-order chi connectivity index (χ0) is 11.0. The zero-order valence-electron chi connectivity index (χ0n) is 9.95. The number of aliphatic imine (C=N–C) groups is 1. The van der Waals surface area contributed by atoms with Crippen LogP contribution < -0.4 is 5.32 Å². The lowest BCUT2D eigenvalue weighted by Crippen LogP contribution is -2.35. The summed E-state index contributed by atoms with van der Waals surface area (Å²) in [5.74, 6) is 1.40. The third-order valence-corrected chi connectivity index (χ3v) is 4.21. The zero-order valence-corrected chi connectivity index (χ0v) is 9.95. The molecule has 0 aromatic carbocycles. The minimum Gasteiger partial charge on any atom is -0.316 e. The topological polar surface area (TPSA) is 24.4 Å². The molecule has 0 amide bonds. The van der Waals surface area contributed by atoms with Gasteiger partial charge in [-0.15, -0.1) is 0 Å². The van der Waals surface area contributed by atoms with E-state index in [9.17, 15) is 0 Å². The number of nitrogens with zero attached hydrogens (tertiary/aromatic N) is 1. The molecule has 0 radical (unpaired) electrons. The van der Waals surface area contributed by atoms with E-state index in [1.807, 2.05) is 0 Å². The Morgan fingerprint density at radius 1 is 1.44 bits per heavy atom. The van der Waals surface area contributed by atoms with Gasteiger partial charge in [-0.2, -0.15) is 0 Å². The second kappa shape index (κ2) is 4.17. The molecule has 0 spiro atoms. The summed E-state index contributed by atoms with van der Waals surface area (Å²) in [5, 5.41) is 3.48. The predicted octanol–water partition coefficient (Wildman–Crippen LogP) is 2.33. The van der Waals surface area contributed by atoms with Crippen LogP contribution in [0.3, 0.4) is 0 Å². The SMILES string of the molecule is CC1=CC=CCC1C1CC2CNCCC2=N1. The number of hydrogen-bond donors (Lipinski definition) is 1. The normalized spacial score (nSPS) is 37.9. The molecule has 2 heteroatoms. The van der Waals surface area contributed by atoms with Gasteiger partial charge in [0.1, 0.15) is 0 Å². The number of fused-ring (bicyclic) bond motifs is 1. The average molecular weight is 216 g/mol. The number of rotatable bonds is 1. The van der Waals surface area contributed by atoms with Gasteiger partial charge in [0.25, 0.3) is 0 Å². The molecule has 0 aromatic heterocycles. The van der Waals surface area contributed by atoms with E-state index in [0.717, 1.165) is 19.0 Å². The van der Waals surface area contributed by atoms with Gasteiger partial charge < -0.3 is 5.32 Å². The van der Waals surface area contributed by atoms with Crippen LogP contribution in [0.1, 0.15) is 26.2 Å². The van der Waals surface area contributed by atoms with Crippen LogP contribution in [-0.2, 0) is 0 Å². The van der Waals surface area contributed by atoms with Gasteiger partial charge in [0.2, 0.25) is 0 Å². The molecule has 3 aliphatic rings. The molecule has 3 rings (SSSR count). The van der Waals surface area contributed by atoms with Crippen molar-refractivity contribution >= 4 is 5.71 Å². The molecule has 2 heterocycles. The number of piperidine rings is 1. The van der Waals surface area contributed by atoms with Crippen molar-refractivity contribution in [2.75, 3.05) is 13.1 Å². The molecule has 1 saturated heterocycles. The molecule has 0 aromatic rings. The summed E-state index contributed by atoms with van der Waals surface area (Å²) in [6, 6.07) is 0.557. The Labute approximate surface area is 97.5 Å².